The van der Waals surface area contributed by atoms with Gasteiger partial charge < -0.3 is 9.84 Å². The van der Waals surface area contributed by atoms with E-state index in [0.29, 0.717) is 11.7 Å². The molecule has 0 radical (unpaired) electrons. The minimum absolute atomic E-state index is 0.255. The number of aryl methyl sites for hydroxylation is 1. The third-order valence-electron chi connectivity index (χ3n) is 3.68. The summed E-state index contributed by atoms with van der Waals surface area (Å²) >= 11 is 1.52. The number of rotatable bonds is 5. The van der Waals surface area contributed by atoms with E-state index in [0.717, 1.165) is 15.3 Å². The Balaban J connectivity index is 1.66. The van der Waals surface area contributed by atoms with Gasteiger partial charge in [0.1, 0.15) is 5.82 Å². The summed E-state index contributed by atoms with van der Waals surface area (Å²) in [5.74, 6) is 0.354. The van der Waals surface area contributed by atoms with E-state index in [1.807, 2.05) is 12.1 Å². The fourth-order valence-corrected chi connectivity index (χ4v) is 3.24. The molecule has 26 heavy (non-hydrogen) atoms. The summed E-state index contributed by atoms with van der Waals surface area (Å²) in [6, 6.07) is 10.2. The number of thiophene rings is 1. The highest BCUT2D eigenvalue weighted by molar-refractivity contribution is 7.16. The lowest BCUT2D eigenvalue weighted by molar-refractivity contribution is -0.118. The second kappa shape index (κ2) is 7.21. The van der Waals surface area contributed by atoms with E-state index in [1.165, 1.54) is 29.5 Å². The van der Waals surface area contributed by atoms with Crippen molar-refractivity contribution in [1.29, 1.82) is 0 Å². The first kappa shape index (κ1) is 18.0. The lowest BCUT2D eigenvalue weighted by Crippen LogP contribution is -2.41. The molecule has 0 aliphatic rings. The average molecular weight is 371 g/mol. The van der Waals surface area contributed by atoms with E-state index in [-0.39, 0.29) is 11.7 Å². The summed E-state index contributed by atoms with van der Waals surface area (Å²) in [5, 5.41) is 6.71. The normalized spacial score (nSPS) is 11.8. The van der Waals surface area contributed by atoms with Crippen LogP contribution in [-0.2, 0) is 10.3 Å². The Morgan fingerprint density at radius 2 is 1.96 bits per heavy atom. The molecule has 7 heteroatoms. The van der Waals surface area contributed by atoms with Crippen LogP contribution in [0.15, 0.2) is 47.0 Å². The Hall–Kier alpha value is -2.80. The zero-order valence-electron chi connectivity index (χ0n) is 14.6. The summed E-state index contributed by atoms with van der Waals surface area (Å²) in [6.45, 7) is 5.31. The third kappa shape index (κ3) is 4.23. The molecule has 2 aromatic heterocycles. The van der Waals surface area contributed by atoms with Crippen LogP contribution in [0.5, 0.6) is 0 Å². The van der Waals surface area contributed by atoms with E-state index in [2.05, 4.69) is 15.5 Å². The summed E-state index contributed by atoms with van der Waals surface area (Å²) < 4.78 is 18.0. The summed E-state index contributed by atoms with van der Waals surface area (Å²) in [7, 11) is 0. The Bertz CT molecular complexity index is 942. The number of benzene rings is 1. The van der Waals surface area contributed by atoms with Gasteiger partial charge in [0.2, 0.25) is 11.8 Å². The van der Waals surface area contributed by atoms with E-state index in [9.17, 15) is 9.18 Å². The number of nitrogens with one attached hydrogen (secondary N) is 1. The number of hydrogen-bond acceptors (Lipinski definition) is 5. The predicted molar refractivity (Wildman–Crippen MR) is 99.0 cm³/mol. The molecule has 134 valence electrons. The van der Waals surface area contributed by atoms with Gasteiger partial charge in [0, 0.05) is 22.8 Å². The van der Waals surface area contributed by atoms with Crippen molar-refractivity contribution in [3.8, 4) is 10.4 Å². The lowest BCUT2D eigenvalue weighted by Gasteiger charge is -2.21. The number of hydrogen-bond donors (Lipinski definition) is 1. The van der Waals surface area contributed by atoms with E-state index in [1.54, 1.807) is 39.0 Å². The van der Waals surface area contributed by atoms with Crippen LogP contribution in [0.2, 0.25) is 0 Å². The van der Waals surface area contributed by atoms with Crippen molar-refractivity contribution >= 4 is 23.3 Å². The molecule has 0 bridgehead atoms. The highest BCUT2D eigenvalue weighted by Crippen LogP contribution is 2.29. The maximum absolute atomic E-state index is 13.0. The highest BCUT2D eigenvalue weighted by Gasteiger charge is 2.27. The van der Waals surface area contributed by atoms with Crippen molar-refractivity contribution in [3.63, 3.8) is 0 Å². The van der Waals surface area contributed by atoms with Gasteiger partial charge in [-0.05, 0) is 49.8 Å². The van der Waals surface area contributed by atoms with E-state index < -0.39 is 5.54 Å². The van der Waals surface area contributed by atoms with Gasteiger partial charge in [-0.1, -0.05) is 17.3 Å². The van der Waals surface area contributed by atoms with Gasteiger partial charge >= 0.3 is 0 Å². The molecule has 0 unspecified atom stereocenters. The predicted octanol–water partition coefficient (Wildman–Crippen LogP) is 4.31. The molecule has 3 rings (SSSR count). The number of amides is 1. The largest absolute Gasteiger partial charge is 0.340 e. The smallest absolute Gasteiger partial charge is 0.244 e. The molecule has 0 spiro atoms. The Labute approximate surface area is 154 Å². The fourth-order valence-electron chi connectivity index (χ4n) is 2.33. The standard InChI is InChI=1S/C19H18FN3O2S/c1-12-21-18(23-25-12)19(2,3)22-17(24)11-9-15-8-10-16(26-15)13-4-6-14(20)7-5-13/h4-11H,1-3H3,(H,22,24)/b11-9+. The second-order valence-corrected chi connectivity index (χ2v) is 7.41. The molecule has 1 N–H and O–H groups in total. The second-order valence-electron chi connectivity index (χ2n) is 6.29. The van der Waals surface area contributed by atoms with Crippen LogP contribution in [0.3, 0.4) is 0 Å². The third-order valence-corrected chi connectivity index (χ3v) is 4.78. The van der Waals surface area contributed by atoms with Crippen molar-refractivity contribution < 1.29 is 13.7 Å². The van der Waals surface area contributed by atoms with Crippen molar-refractivity contribution in [1.82, 2.24) is 15.5 Å². The van der Waals surface area contributed by atoms with Gasteiger partial charge in [-0.2, -0.15) is 4.98 Å². The summed E-state index contributed by atoms with van der Waals surface area (Å²) in [5.41, 5.74) is 0.197. The first-order valence-corrected chi connectivity index (χ1v) is 8.82. The Morgan fingerprint density at radius 3 is 2.62 bits per heavy atom. The topological polar surface area (TPSA) is 68.0 Å². The van der Waals surface area contributed by atoms with Crippen molar-refractivity contribution in [2.75, 3.05) is 0 Å². The Kier molecular flexibility index (Phi) is 4.99. The molecule has 3 aromatic rings. The first-order chi connectivity index (χ1) is 12.3. The monoisotopic (exact) mass is 371 g/mol. The molecule has 0 aliphatic heterocycles. The number of carbonyl (C=O) groups is 1. The van der Waals surface area contributed by atoms with E-state index in [4.69, 9.17) is 4.52 Å². The maximum atomic E-state index is 13.0. The molecule has 0 aliphatic carbocycles. The molecule has 0 saturated carbocycles. The van der Waals surface area contributed by atoms with Gasteiger partial charge in [-0.3, -0.25) is 4.79 Å². The first-order valence-electron chi connectivity index (χ1n) is 8.00. The number of nitrogens with zero attached hydrogens (tertiary/aromatic N) is 2. The zero-order chi connectivity index (χ0) is 18.7. The molecular weight excluding hydrogens is 353 g/mol. The SMILES string of the molecule is Cc1nc(C(C)(C)NC(=O)/C=C/c2ccc(-c3ccc(F)cc3)s2)no1. The van der Waals surface area contributed by atoms with Crippen LogP contribution in [0, 0.1) is 12.7 Å². The molecule has 1 aromatic carbocycles. The Morgan fingerprint density at radius 1 is 1.23 bits per heavy atom. The summed E-state index contributed by atoms with van der Waals surface area (Å²) in [6.07, 6.45) is 3.21. The quantitative estimate of drug-likeness (QED) is 0.679. The van der Waals surface area contributed by atoms with Gasteiger partial charge in [-0.25, -0.2) is 4.39 Å². The highest BCUT2D eigenvalue weighted by atomic mass is 32.1. The van der Waals surface area contributed by atoms with E-state index >= 15 is 0 Å². The average Bonchev–Trinajstić information content (AvgIpc) is 3.23. The molecule has 1 amide bonds. The molecule has 2 heterocycles. The lowest BCUT2D eigenvalue weighted by atomic mass is 10.1. The minimum Gasteiger partial charge on any atom is -0.340 e. The van der Waals surface area contributed by atoms with Gasteiger partial charge in [-0.15, -0.1) is 11.3 Å². The van der Waals surface area contributed by atoms with Crippen molar-refractivity contribution in [2.24, 2.45) is 0 Å². The molecule has 5 nitrogen and oxygen atoms in total. The van der Waals surface area contributed by atoms with Crippen LogP contribution in [-0.4, -0.2) is 16.0 Å². The van der Waals surface area contributed by atoms with Gasteiger partial charge in [0.05, 0.1) is 5.54 Å². The van der Waals surface area contributed by atoms with Crippen molar-refractivity contribution in [3.05, 3.63) is 64.9 Å². The van der Waals surface area contributed by atoms with Crippen molar-refractivity contribution in [2.45, 2.75) is 26.3 Å². The number of carbonyl (C=O) groups excluding carboxylic acids is 1. The number of halogens is 1. The molecule has 0 atom stereocenters. The van der Waals surface area contributed by atoms with Gasteiger partial charge in [0.15, 0.2) is 5.82 Å². The fraction of sp³-hybridized carbons (Fsp3) is 0.211. The zero-order valence-corrected chi connectivity index (χ0v) is 15.4. The van der Waals surface area contributed by atoms with Crippen LogP contribution < -0.4 is 5.32 Å². The molecule has 0 fully saturated rings. The maximum Gasteiger partial charge on any atom is 0.244 e. The van der Waals surface area contributed by atoms with Crippen LogP contribution in [0.4, 0.5) is 4.39 Å². The number of aromatic nitrogens is 2. The molecular formula is C19H18FN3O2S. The molecule has 0 saturated heterocycles. The summed E-state index contributed by atoms with van der Waals surface area (Å²) in [4.78, 5) is 18.3. The van der Waals surface area contributed by atoms with Crippen LogP contribution in [0.25, 0.3) is 16.5 Å². The van der Waals surface area contributed by atoms with Crippen LogP contribution >= 0.6 is 11.3 Å². The van der Waals surface area contributed by atoms with Gasteiger partial charge in [0.25, 0.3) is 0 Å². The van der Waals surface area contributed by atoms with Crippen LogP contribution in [0.1, 0.15) is 30.4 Å². The minimum atomic E-state index is -0.742.